The number of fused-ring (bicyclic) bond motifs is 1. The molecule has 2 aliphatic heterocycles. The molecular formula is C34H51N3O9. The molecule has 1 unspecified atom stereocenters. The van der Waals surface area contributed by atoms with E-state index in [0.29, 0.717) is 56.2 Å². The Labute approximate surface area is 272 Å². The quantitative estimate of drug-likeness (QED) is 0.0950. The lowest BCUT2D eigenvalue weighted by Gasteiger charge is -2.26. The van der Waals surface area contributed by atoms with E-state index in [1.165, 1.54) is 0 Å². The Bertz CT molecular complexity index is 1160. The predicted molar refractivity (Wildman–Crippen MR) is 174 cm³/mol. The first kappa shape index (κ1) is 37.0. The first-order valence-corrected chi connectivity index (χ1v) is 16.4. The summed E-state index contributed by atoms with van der Waals surface area (Å²) in [5.41, 5.74) is 6.90. The van der Waals surface area contributed by atoms with Crippen molar-refractivity contribution < 1.29 is 42.8 Å². The van der Waals surface area contributed by atoms with Crippen LogP contribution in [0.25, 0.3) is 0 Å². The summed E-state index contributed by atoms with van der Waals surface area (Å²) >= 11 is 0. The van der Waals surface area contributed by atoms with Crippen LogP contribution < -0.4 is 15.2 Å². The van der Waals surface area contributed by atoms with Crippen molar-refractivity contribution in [2.24, 2.45) is 10.9 Å². The Hall–Kier alpha value is -3.45. The summed E-state index contributed by atoms with van der Waals surface area (Å²) in [5.74, 6) is 0.0105. The van der Waals surface area contributed by atoms with Gasteiger partial charge in [-0.3, -0.25) is 4.79 Å². The summed E-state index contributed by atoms with van der Waals surface area (Å²) in [4.78, 5) is 33.9. The van der Waals surface area contributed by atoms with Crippen molar-refractivity contribution in [3.63, 3.8) is 0 Å². The minimum absolute atomic E-state index is 0.0160. The van der Waals surface area contributed by atoms with Crippen LogP contribution in [0.5, 0.6) is 11.5 Å². The largest absolute Gasteiger partial charge is 0.467 e. The van der Waals surface area contributed by atoms with E-state index in [0.717, 1.165) is 38.8 Å². The van der Waals surface area contributed by atoms with Gasteiger partial charge in [0.15, 0.2) is 20.2 Å². The van der Waals surface area contributed by atoms with Crippen LogP contribution in [-0.4, -0.2) is 94.3 Å². The first-order valence-electron chi connectivity index (χ1n) is 16.4. The third kappa shape index (κ3) is 13.1. The van der Waals surface area contributed by atoms with Gasteiger partial charge in [-0.1, -0.05) is 23.4 Å². The first-order chi connectivity index (χ1) is 22.4. The molecule has 1 aromatic carbocycles. The molecule has 46 heavy (non-hydrogen) atoms. The Kier molecular flexibility index (Phi) is 17.2. The number of esters is 1. The molecule has 0 radical (unpaired) electrons. The number of ether oxygens (including phenoxy) is 6. The zero-order valence-corrected chi connectivity index (χ0v) is 27.6. The number of likely N-dealkylation sites (tertiary alicyclic amines) is 1. The molecule has 1 saturated heterocycles. The number of nitrogens with two attached hydrogens (primary N) is 1. The van der Waals surface area contributed by atoms with Gasteiger partial charge < -0.3 is 43.9 Å². The van der Waals surface area contributed by atoms with Gasteiger partial charge in [-0.25, -0.2) is 4.79 Å². The maximum Gasteiger partial charge on any atom is 0.342 e. The number of nitrogens with zero attached hydrogens (tertiary/aromatic N) is 2. The Morgan fingerprint density at radius 3 is 2.54 bits per heavy atom. The summed E-state index contributed by atoms with van der Waals surface area (Å²) in [7, 11) is 0. The number of hydrogen-bond acceptors (Lipinski definition) is 11. The van der Waals surface area contributed by atoms with Crippen molar-refractivity contribution in [1.29, 1.82) is 0 Å². The number of carbonyl (C=O) groups is 2. The highest BCUT2D eigenvalue weighted by Crippen LogP contribution is 2.32. The van der Waals surface area contributed by atoms with E-state index in [4.69, 9.17) is 39.0 Å². The maximum atomic E-state index is 13.7. The van der Waals surface area contributed by atoms with Crippen LogP contribution in [0.2, 0.25) is 0 Å². The molecule has 1 amide bonds. The number of amides is 1. The molecule has 2 atom stereocenters. The van der Waals surface area contributed by atoms with Crippen LogP contribution in [0.4, 0.5) is 0 Å². The summed E-state index contributed by atoms with van der Waals surface area (Å²) in [6.07, 6.45) is 12.1. The van der Waals surface area contributed by atoms with E-state index < -0.39 is 12.1 Å². The second kappa shape index (κ2) is 21.4. The third-order valence-electron chi connectivity index (χ3n) is 7.31. The van der Waals surface area contributed by atoms with Gasteiger partial charge in [0.25, 0.3) is 5.91 Å². The molecular weight excluding hydrogens is 594 g/mol. The molecule has 256 valence electrons. The molecule has 0 saturated carbocycles. The Balaban J connectivity index is 1.99. The van der Waals surface area contributed by atoms with Crippen LogP contribution in [-0.2, 0) is 35.0 Å². The van der Waals surface area contributed by atoms with Gasteiger partial charge in [0.05, 0.1) is 11.8 Å². The Morgan fingerprint density at radius 2 is 1.80 bits per heavy atom. The van der Waals surface area contributed by atoms with E-state index in [-0.39, 0.29) is 49.9 Å². The van der Waals surface area contributed by atoms with Crippen molar-refractivity contribution in [2.45, 2.75) is 77.9 Å². The third-order valence-corrected chi connectivity index (χ3v) is 7.31. The van der Waals surface area contributed by atoms with Crippen molar-refractivity contribution in [1.82, 2.24) is 4.90 Å². The molecule has 1 fully saturated rings. The summed E-state index contributed by atoms with van der Waals surface area (Å²) in [5, 5.41) is 4.36. The lowest BCUT2D eigenvalue weighted by atomic mass is 9.99. The standard InChI is InChI=1S/C34H51N3O9/c1-4-40-24-43-30-21-27-20-28(36-45-23-32(38)37-17-7-6-8-18-37)13-10-15-29(42-19-11-16-35)14-9-12-26(3)46-34(39)33(27)31(22-30)44-25-41-5-2/h9-10,13-14,21-22,26,29H,4-8,11-12,15-20,23-25,35H2,1-3H3/t26-,29?/m1/s1. The molecule has 2 N–H and O–H groups in total. The fourth-order valence-electron chi connectivity index (χ4n) is 4.89. The van der Waals surface area contributed by atoms with Gasteiger partial charge in [-0.05, 0) is 77.1 Å². The van der Waals surface area contributed by atoms with Crippen LogP contribution in [0.1, 0.15) is 75.2 Å². The highest BCUT2D eigenvalue weighted by atomic mass is 16.7. The minimum Gasteiger partial charge on any atom is -0.467 e. The van der Waals surface area contributed by atoms with E-state index >= 15 is 0 Å². The fourth-order valence-corrected chi connectivity index (χ4v) is 4.89. The molecule has 2 aliphatic rings. The van der Waals surface area contributed by atoms with Crippen molar-refractivity contribution >= 4 is 17.6 Å². The number of benzene rings is 1. The number of carbonyl (C=O) groups excluding carboxylic acids is 2. The van der Waals surface area contributed by atoms with Crippen LogP contribution in [0.15, 0.2) is 41.6 Å². The molecule has 1 aromatic rings. The van der Waals surface area contributed by atoms with E-state index in [1.807, 2.05) is 45.1 Å². The van der Waals surface area contributed by atoms with E-state index in [9.17, 15) is 9.59 Å². The fraction of sp³-hybridized carbons (Fsp3) is 0.618. The van der Waals surface area contributed by atoms with E-state index in [2.05, 4.69) is 5.16 Å². The molecule has 0 aromatic heterocycles. The molecule has 12 heteroatoms. The summed E-state index contributed by atoms with van der Waals surface area (Å²) < 4.78 is 34.5. The highest BCUT2D eigenvalue weighted by molar-refractivity contribution is 6.00. The van der Waals surface area contributed by atoms with E-state index in [1.54, 1.807) is 17.0 Å². The molecule has 0 aliphatic carbocycles. The average molecular weight is 646 g/mol. The number of piperidine rings is 1. The van der Waals surface area contributed by atoms with Gasteiger partial charge in [0.1, 0.15) is 23.2 Å². The molecule has 0 spiro atoms. The Morgan fingerprint density at radius 1 is 1.04 bits per heavy atom. The number of allylic oxidation sites excluding steroid dienone is 1. The van der Waals surface area contributed by atoms with Gasteiger partial charge in [0, 0.05) is 51.8 Å². The minimum atomic E-state index is -0.559. The normalized spacial score (nSPS) is 20.1. The van der Waals surface area contributed by atoms with Crippen molar-refractivity contribution in [2.75, 3.05) is 59.6 Å². The molecule has 12 nitrogen and oxygen atoms in total. The second-order valence-corrected chi connectivity index (χ2v) is 11.0. The van der Waals surface area contributed by atoms with Gasteiger partial charge >= 0.3 is 5.97 Å². The topological polar surface area (TPSA) is 140 Å². The van der Waals surface area contributed by atoms with Gasteiger partial charge in [-0.15, -0.1) is 0 Å². The number of rotatable bonds is 15. The number of cyclic esters (lactones) is 1. The highest BCUT2D eigenvalue weighted by Gasteiger charge is 2.25. The van der Waals surface area contributed by atoms with Crippen LogP contribution in [0, 0.1) is 0 Å². The van der Waals surface area contributed by atoms with Crippen LogP contribution in [0.3, 0.4) is 0 Å². The average Bonchev–Trinajstić information content (AvgIpc) is 3.04. The SMILES string of the molecule is CCOCOc1cc2c(c(OCOCC)c1)C(=O)O[C@H](C)CC=CC(OCCCN)CC=CC(=NOCC(=O)N1CCCCC1)C2. The summed E-state index contributed by atoms with van der Waals surface area (Å²) in [6.45, 7) is 8.73. The monoisotopic (exact) mass is 645 g/mol. The smallest absolute Gasteiger partial charge is 0.342 e. The van der Waals surface area contributed by atoms with Crippen LogP contribution >= 0.6 is 0 Å². The van der Waals surface area contributed by atoms with Gasteiger partial charge in [-0.2, -0.15) is 0 Å². The van der Waals surface area contributed by atoms with Crippen molar-refractivity contribution in [3.05, 3.63) is 47.6 Å². The lowest BCUT2D eigenvalue weighted by molar-refractivity contribution is -0.137. The zero-order chi connectivity index (χ0) is 33.0. The second-order valence-electron chi connectivity index (χ2n) is 11.0. The van der Waals surface area contributed by atoms with Crippen molar-refractivity contribution in [3.8, 4) is 11.5 Å². The molecule has 2 heterocycles. The lowest BCUT2D eigenvalue weighted by Crippen LogP contribution is -2.37. The molecule has 0 bridgehead atoms. The summed E-state index contributed by atoms with van der Waals surface area (Å²) in [6, 6.07) is 3.36. The molecule has 3 rings (SSSR count). The zero-order valence-electron chi connectivity index (χ0n) is 27.6. The maximum absolute atomic E-state index is 13.7. The number of hydrogen-bond donors (Lipinski definition) is 1. The predicted octanol–water partition coefficient (Wildman–Crippen LogP) is 4.55. The van der Waals surface area contributed by atoms with Gasteiger partial charge in [0.2, 0.25) is 0 Å². The number of oxime groups is 1.